The summed E-state index contributed by atoms with van der Waals surface area (Å²) in [6.45, 7) is 4.16. The number of thioether (sulfide) groups is 1. The molecule has 2 aromatic carbocycles. The molecule has 0 saturated carbocycles. The average Bonchev–Trinajstić information content (AvgIpc) is 3.32. The van der Waals surface area contributed by atoms with Gasteiger partial charge in [0, 0.05) is 39.4 Å². The summed E-state index contributed by atoms with van der Waals surface area (Å²) >= 11 is 0.880. The summed E-state index contributed by atoms with van der Waals surface area (Å²) in [4.78, 5) is 72.8. The van der Waals surface area contributed by atoms with Crippen LogP contribution in [0.2, 0.25) is 0 Å². The standard InChI is InChI=1S/C32H36N2O12S/c1-16(35)33-27-29(45-19(4)38)28(44-18(3)37)26(14-42-17(2)36)46-31(27)47-15-25(30(39)40)34-32(41)43-13-24-22-11-7-5-9-20(22)21-10-6-8-12-23(21)24/h5-12,24-29,31H,13-15H2,1-4H3,(H,33,35)(H,34,41)(H,39,40)/t25-,26+,27+,28+,29+,31-/m0/s1. The van der Waals surface area contributed by atoms with E-state index in [1.54, 1.807) is 0 Å². The molecule has 2 aliphatic rings. The van der Waals surface area contributed by atoms with E-state index in [4.69, 9.17) is 23.7 Å². The van der Waals surface area contributed by atoms with Crippen LogP contribution in [0.25, 0.3) is 11.1 Å². The molecule has 1 heterocycles. The Morgan fingerprint density at radius 2 is 1.38 bits per heavy atom. The van der Waals surface area contributed by atoms with E-state index in [2.05, 4.69) is 10.6 Å². The zero-order valence-corrected chi connectivity index (χ0v) is 26.9. The summed E-state index contributed by atoms with van der Waals surface area (Å²) in [5.74, 6) is -4.63. The van der Waals surface area contributed by atoms with Crippen LogP contribution in [0.5, 0.6) is 0 Å². The van der Waals surface area contributed by atoms with E-state index in [-0.39, 0.29) is 18.3 Å². The predicted octanol–water partition coefficient (Wildman–Crippen LogP) is 2.37. The zero-order valence-electron chi connectivity index (χ0n) is 26.1. The van der Waals surface area contributed by atoms with Crippen molar-refractivity contribution in [1.82, 2.24) is 10.6 Å². The van der Waals surface area contributed by atoms with Crippen LogP contribution in [-0.4, -0.2) is 95.8 Å². The molecule has 15 heteroatoms. The summed E-state index contributed by atoms with van der Waals surface area (Å²) in [5, 5.41) is 14.9. The first-order chi connectivity index (χ1) is 22.3. The van der Waals surface area contributed by atoms with Crippen molar-refractivity contribution in [2.45, 2.75) is 69.4 Å². The quantitative estimate of drug-likeness (QED) is 0.220. The first kappa shape index (κ1) is 35.2. The van der Waals surface area contributed by atoms with Crippen LogP contribution in [0.4, 0.5) is 4.79 Å². The first-order valence-corrected chi connectivity index (χ1v) is 15.8. The second-order valence-electron chi connectivity index (χ2n) is 10.9. The van der Waals surface area contributed by atoms with Gasteiger partial charge in [0.2, 0.25) is 5.91 Å². The molecule has 0 aromatic heterocycles. The summed E-state index contributed by atoms with van der Waals surface area (Å²) in [6.07, 6.45) is -4.71. The minimum absolute atomic E-state index is 0.0326. The molecular weight excluding hydrogens is 636 g/mol. The number of alkyl carbamates (subject to hydrolysis) is 1. The molecule has 6 atom stereocenters. The van der Waals surface area contributed by atoms with Gasteiger partial charge in [0.25, 0.3) is 0 Å². The molecule has 14 nitrogen and oxygen atoms in total. The number of hydrogen-bond acceptors (Lipinski definition) is 12. The van der Waals surface area contributed by atoms with Crippen LogP contribution in [0.1, 0.15) is 44.7 Å². The summed E-state index contributed by atoms with van der Waals surface area (Å²) in [7, 11) is 0. The average molecular weight is 673 g/mol. The molecule has 252 valence electrons. The Labute approximate surface area is 274 Å². The highest BCUT2D eigenvalue weighted by atomic mass is 32.2. The van der Waals surface area contributed by atoms with Crippen molar-refractivity contribution in [3.05, 3.63) is 59.7 Å². The molecule has 2 amide bonds. The highest BCUT2D eigenvalue weighted by molar-refractivity contribution is 7.99. The number of carboxylic acid groups (broad SMARTS) is 1. The molecule has 1 saturated heterocycles. The monoisotopic (exact) mass is 672 g/mol. The van der Waals surface area contributed by atoms with Crippen LogP contribution >= 0.6 is 11.8 Å². The SMILES string of the molecule is CC(=O)N[C@@H]1[C@@H](OC(C)=O)[C@H](OC(C)=O)[C@@H](COC(C)=O)O[C@H]1SC[C@H](NC(=O)OCC1c2ccccc2-c2ccccc21)C(=O)O. The number of benzene rings is 2. The molecule has 1 fully saturated rings. The van der Waals surface area contributed by atoms with E-state index >= 15 is 0 Å². The molecule has 0 spiro atoms. The van der Waals surface area contributed by atoms with E-state index in [9.17, 15) is 33.9 Å². The molecule has 47 heavy (non-hydrogen) atoms. The van der Waals surface area contributed by atoms with Crippen molar-refractivity contribution in [2.75, 3.05) is 19.0 Å². The molecule has 3 N–H and O–H groups in total. The number of esters is 3. The molecule has 0 bridgehead atoms. The van der Waals surface area contributed by atoms with Gasteiger partial charge in [0.1, 0.15) is 36.8 Å². The van der Waals surface area contributed by atoms with Gasteiger partial charge < -0.3 is 39.4 Å². The highest BCUT2D eigenvalue weighted by Gasteiger charge is 2.51. The number of ether oxygens (including phenoxy) is 5. The fourth-order valence-electron chi connectivity index (χ4n) is 5.58. The number of nitrogens with one attached hydrogen (secondary N) is 2. The second-order valence-corrected chi connectivity index (χ2v) is 12.0. The first-order valence-electron chi connectivity index (χ1n) is 14.7. The normalized spacial score (nSPS) is 22.1. The van der Waals surface area contributed by atoms with Crippen LogP contribution in [-0.2, 0) is 47.7 Å². The number of carboxylic acids is 1. The lowest BCUT2D eigenvalue weighted by molar-refractivity contribution is -0.211. The second kappa shape index (κ2) is 15.8. The minimum atomic E-state index is -1.47. The minimum Gasteiger partial charge on any atom is -0.480 e. The van der Waals surface area contributed by atoms with Gasteiger partial charge in [-0.2, -0.15) is 0 Å². The Morgan fingerprint density at radius 1 is 0.809 bits per heavy atom. The third-order valence-corrected chi connectivity index (χ3v) is 8.69. The maximum absolute atomic E-state index is 12.9. The van der Waals surface area contributed by atoms with Crippen molar-refractivity contribution in [3.63, 3.8) is 0 Å². The van der Waals surface area contributed by atoms with Gasteiger partial charge in [-0.1, -0.05) is 48.5 Å². The number of hydrogen-bond donors (Lipinski definition) is 3. The van der Waals surface area contributed by atoms with Crippen LogP contribution in [0.15, 0.2) is 48.5 Å². The Morgan fingerprint density at radius 3 is 1.91 bits per heavy atom. The predicted molar refractivity (Wildman–Crippen MR) is 166 cm³/mol. The number of carbonyl (C=O) groups excluding carboxylic acids is 5. The Kier molecular flexibility index (Phi) is 11.8. The van der Waals surface area contributed by atoms with Gasteiger partial charge in [-0.25, -0.2) is 9.59 Å². The van der Waals surface area contributed by atoms with Crippen molar-refractivity contribution < 1.29 is 57.6 Å². The van der Waals surface area contributed by atoms with Crippen molar-refractivity contribution >= 4 is 47.6 Å². The van der Waals surface area contributed by atoms with E-state index < -0.39 is 78.3 Å². The molecule has 4 rings (SSSR count). The number of carbonyl (C=O) groups is 6. The third-order valence-electron chi connectivity index (χ3n) is 7.43. The van der Waals surface area contributed by atoms with E-state index in [1.807, 2.05) is 48.5 Å². The molecule has 2 aromatic rings. The lowest BCUT2D eigenvalue weighted by Gasteiger charge is -2.45. The Balaban J connectivity index is 1.48. The van der Waals surface area contributed by atoms with Crippen molar-refractivity contribution in [3.8, 4) is 11.1 Å². The third kappa shape index (κ3) is 9.01. The molecular formula is C32H36N2O12S. The summed E-state index contributed by atoms with van der Waals surface area (Å²) < 4.78 is 27.5. The summed E-state index contributed by atoms with van der Waals surface area (Å²) in [6, 6.07) is 12.9. The number of amides is 2. The lowest BCUT2D eigenvalue weighted by atomic mass is 9.97. The zero-order chi connectivity index (χ0) is 34.2. The van der Waals surface area contributed by atoms with Crippen LogP contribution in [0.3, 0.4) is 0 Å². The molecule has 0 unspecified atom stereocenters. The van der Waals surface area contributed by atoms with Gasteiger partial charge in [-0.05, 0) is 22.3 Å². The Bertz CT molecular complexity index is 1470. The molecule has 1 aliphatic carbocycles. The van der Waals surface area contributed by atoms with Crippen molar-refractivity contribution in [2.24, 2.45) is 0 Å². The fraction of sp³-hybridized carbons (Fsp3) is 0.438. The fourth-order valence-corrected chi connectivity index (χ4v) is 6.84. The topological polar surface area (TPSA) is 193 Å². The smallest absolute Gasteiger partial charge is 0.407 e. The summed E-state index contributed by atoms with van der Waals surface area (Å²) in [5.41, 5.74) is 2.94. The lowest BCUT2D eigenvalue weighted by Crippen LogP contribution is -2.65. The maximum Gasteiger partial charge on any atom is 0.407 e. The van der Waals surface area contributed by atoms with E-state index in [0.29, 0.717) is 0 Å². The number of fused-ring (bicyclic) bond motifs is 3. The molecule has 0 radical (unpaired) electrons. The van der Waals surface area contributed by atoms with E-state index in [1.165, 1.54) is 6.92 Å². The van der Waals surface area contributed by atoms with Gasteiger partial charge in [-0.3, -0.25) is 19.2 Å². The largest absolute Gasteiger partial charge is 0.480 e. The number of aliphatic carboxylic acids is 1. The number of rotatable bonds is 12. The van der Waals surface area contributed by atoms with Crippen LogP contribution < -0.4 is 10.6 Å². The van der Waals surface area contributed by atoms with Gasteiger partial charge in [0.05, 0.1) is 0 Å². The maximum atomic E-state index is 12.9. The van der Waals surface area contributed by atoms with E-state index in [0.717, 1.165) is 54.8 Å². The Hall–Kier alpha value is -4.63. The highest BCUT2D eigenvalue weighted by Crippen LogP contribution is 2.44. The van der Waals surface area contributed by atoms with Crippen molar-refractivity contribution in [1.29, 1.82) is 0 Å². The van der Waals surface area contributed by atoms with Crippen LogP contribution in [0, 0.1) is 0 Å². The van der Waals surface area contributed by atoms with Gasteiger partial charge in [0.15, 0.2) is 12.2 Å². The van der Waals surface area contributed by atoms with Gasteiger partial charge in [-0.15, -0.1) is 11.8 Å². The van der Waals surface area contributed by atoms with Gasteiger partial charge >= 0.3 is 30.0 Å². The molecule has 1 aliphatic heterocycles.